The van der Waals surface area contributed by atoms with Crippen molar-refractivity contribution in [3.63, 3.8) is 0 Å². The number of rotatable bonds is 6. The molecule has 0 amide bonds. The summed E-state index contributed by atoms with van der Waals surface area (Å²) in [5.41, 5.74) is 12.3. The van der Waals surface area contributed by atoms with Gasteiger partial charge in [0.2, 0.25) is 0 Å². The number of hydrogen-bond donors (Lipinski definition) is 2. The van der Waals surface area contributed by atoms with Crippen LogP contribution < -0.4 is 11.1 Å². The van der Waals surface area contributed by atoms with Gasteiger partial charge in [-0.1, -0.05) is 30.3 Å². The number of nitrogens with zero attached hydrogens (tertiary/aromatic N) is 1. The predicted octanol–water partition coefficient (Wildman–Crippen LogP) is 4.42. The van der Waals surface area contributed by atoms with Gasteiger partial charge in [-0.25, -0.2) is 4.99 Å². The Labute approximate surface area is 190 Å². The van der Waals surface area contributed by atoms with E-state index in [-0.39, 0.29) is 24.0 Å². The van der Waals surface area contributed by atoms with E-state index < -0.39 is 0 Å². The molecule has 1 aliphatic heterocycles. The Kier molecular flexibility index (Phi) is 8.32. The fourth-order valence-corrected chi connectivity index (χ4v) is 3.89. The van der Waals surface area contributed by atoms with Gasteiger partial charge in [-0.2, -0.15) is 0 Å². The lowest BCUT2D eigenvalue weighted by atomic mass is 10.1. The molecule has 0 atom stereocenters. The highest BCUT2D eigenvalue weighted by molar-refractivity contribution is 14.0. The van der Waals surface area contributed by atoms with Gasteiger partial charge in [-0.05, 0) is 66.5 Å². The fourth-order valence-electron chi connectivity index (χ4n) is 3.89. The summed E-state index contributed by atoms with van der Waals surface area (Å²) in [5, 5.41) is 3.22. The second kappa shape index (κ2) is 10.9. The fraction of sp³-hybridized carbons (Fsp3) is 0.435. The average molecular weight is 507 g/mol. The summed E-state index contributed by atoms with van der Waals surface area (Å²) in [7, 11) is 0. The first kappa shape index (κ1) is 22.1. The normalized spacial score (nSPS) is 16.9. The van der Waals surface area contributed by atoms with Crippen molar-refractivity contribution in [2.24, 2.45) is 10.7 Å². The highest BCUT2D eigenvalue weighted by atomic mass is 127. The van der Waals surface area contributed by atoms with Crippen molar-refractivity contribution in [1.82, 2.24) is 0 Å². The maximum absolute atomic E-state index is 6.10. The van der Waals surface area contributed by atoms with Crippen molar-refractivity contribution in [2.45, 2.75) is 51.4 Å². The summed E-state index contributed by atoms with van der Waals surface area (Å²) in [4.78, 5) is 4.50. The molecule has 1 heterocycles. The van der Waals surface area contributed by atoms with Crippen LogP contribution in [0, 0.1) is 0 Å². The quantitative estimate of drug-likeness (QED) is 0.345. The van der Waals surface area contributed by atoms with Crippen molar-refractivity contribution < 1.29 is 9.47 Å². The van der Waals surface area contributed by atoms with Gasteiger partial charge >= 0.3 is 0 Å². The maximum Gasteiger partial charge on any atom is 0.193 e. The molecule has 6 heteroatoms. The van der Waals surface area contributed by atoms with Crippen LogP contribution in [0.1, 0.15) is 41.5 Å². The second-order valence-corrected chi connectivity index (χ2v) is 7.61. The molecule has 29 heavy (non-hydrogen) atoms. The van der Waals surface area contributed by atoms with Crippen LogP contribution in [0.2, 0.25) is 0 Å². The smallest absolute Gasteiger partial charge is 0.193 e. The lowest BCUT2D eigenvalue weighted by Gasteiger charge is -2.22. The first-order valence-corrected chi connectivity index (χ1v) is 10.2. The van der Waals surface area contributed by atoms with E-state index in [9.17, 15) is 0 Å². The van der Waals surface area contributed by atoms with Crippen molar-refractivity contribution >= 4 is 35.6 Å². The van der Waals surface area contributed by atoms with Crippen LogP contribution in [0.25, 0.3) is 0 Å². The minimum Gasteiger partial charge on any atom is -0.381 e. The van der Waals surface area contributed by atoms with Gasteiger partial charge in [-0.3, -0.25) is 0 Å². The lowest BCUT2D eigenvalue weighted by molar-refractivity contribution is -0.0390. The number of hydrogen-bond acceptors (Lipinski definition) is 3. The first-order valence-electron chi connectivity index (χ1n) is 10.2. The Hall–Kier alpha value is -1.64. The molecule has 4 rings (SSSR count). The number of guanidine groups is 1. The van der Waals surface area contributed by atoms with E-state index >= 15 is 0 Å². The Bertz CT molecular complexity index is 835. The van der Waals surface area contributed by atoms with Crippen LogP contribution in [0.4, 0.5) is 5.69 Å². The third-order valence-corrected chi connectivity index (χ3v) is 5.45. The number of fused-ring (bicyclic) bond motifs is 1. The molecule has 1 saturated heterocycles. The molecule has 2 aromatic rings. The van der Waals surface area contributed by atoms with Gasteiger partial charge in [-0.15, -0.1) is 24.0 Å². The van der Waals surface area contributed by atoms with Crippen LogP contribution >= 0.6 is 24.0 Å². The molecule has 2 aromatic carbocycles. The zero-order valence-electron chi connectivity index (χ0n) is 16.7. The Balaban J connectivity index is 0.00000240. The van der Waals surface area contributed by atoms with Crippen LogP contribution in [-0.2, 0) is 35.5 Å². The number of ether oxygens (including phenoxy) is 2. The summed E-state index contributed by atoms with van der Waals surface area (Å²) in [6.45, 7) is 2.78. The predicted molar refractivity (Wildman–Crippen MR) is 128 cm³/mol. The summed E-state index contributed by atoms with van der Waals surface area (Å²) < 4.78 is 11.4. The van der Waals surface area contributed by atoms with E-state index in [4.69, 9.17) is 15.2 Å². The molecule has 5 nitrogen and oxygen atoms in total. The topological polar surface area (TPSA) is 68.9 Å². The van der Waals surface area contributed by atoms with Gasteiger partial charge in [0.25, 0.3) is 0 Å². The molecule has 0 saturated carbocycles. The van der Waals surface area contributed by atoms with Gasteiger partial charge in [0, 0.05) is 18.9 Å². The number of anilines is 1. The van der Waals surface area contributed by atoms with Gasteiger partial charge in [0.15, 0.2) is 5.96 Å². The zero-order chi connectivity index (χ0) is 19.2. The van der Waals surface area contributed by atoms with Gasteiger partial charge in [0.1, 0.15) is 0 Å². The summed E-state index contributed by atoms with van der Waals surface area (Å²) in [6.07, 6.45) is 5.86. The number of nitrogens with two attached hydrogens (primary N) is 1. The number of aliphatic imine (C=N–C) groups is 1. The highest BCUT2D eigenvalue weighted by Crippen LogP contribution is 2.24. The molecule has 0 spiro atoms. The second-order valence-electron chi connectivity index (χ2n) is 7.61. The van der Waals surface area contributed by atoms with E-state index in [1.165, 1.54) is 29.5 Å². The molecule has 1 aliphatic carbocycles. The van der Waals surface area contributed by atoms with Crippen LogP contribution in [0.3, 0.4) is 0 Å². The first-order chi connectivity index (χ1) is 13.8. The van der Waals surface area contributed by atoms with Crippen molar-refractivity contribution in [3.8, 4) is 0 Å². The monoisotopic (exact) mass is 507 g/mol. The van der Waals surface area contributed by atoms with E-state index in [1.807, 2.05) is 0 Å². The summed E-state index contributed by atoms with van der Waals surface area (Å²) in [6, 6.07) is 14.8. The van der Waals surface area contributed by atoms with Crippen LogP contribution in [0.5, 0.6) is 0 Å². The Morgan fingerprint density at radius 3 is 2.72 bits per heavy atom. The molecular formula is C23H30IN3O2. The number of nitrogens with one attached hydrogen (secondary N) is 1. The minimum atomic E-state index is 0. The number of halogens is 1. The SMILES string of the molecule is I.NC(=NCc1cccc(COC2CCOCC2)c1)Nc1ccc2c(c1)CCC2. The molecular weight excluding hydrogens is 477 g/mol. The van der Waals surface area contributed by atoms with Crippen molar-refractivity contribution in [3.05, 3.63) is 64.7 Å². The number of benzene rings is 2. The largest absolute Gasteiger partial charge is 0.381 e. The highest BCUT2D eigenvalue weighted by Gasteiger charge is 2.14. The van der Waals surface area contributed by atoms with E-state index in [1.54, 1.807) is 0 Å². The average Bonchev–Trinajstić information content (AvgIpc) is 3.20. The molecule has 0 aromatic heterocycles. The van der Waals surface area contributed by atoms with Crippen molar-refractivity contribution in [2.75, 3.05) is 18.5 Å². The van der Waals surface area contributed by atoms with E-state index in [0.717, 1.165) is 43.7 Å². The molecule has 0 unspecified atom stereocenters. The maximum atomic E-state index is 6.10. The summed E-state index contributed by atoms with van der Waals surface area (Å²) in [5.74, 6) is 0.446. The molecule has 0 bridgehead atoms. The lowest BCUT2D eigenvalue weighted by Crippen LogP contribution is -2.23. The third kappa shape index (κ3) is 6.42. The Morgan fingerprint density at radius 2 is 1.86 bits per heavy atom. The van der Waals surface area contributed by atoms with Crippen LogP contribution in [-0.4, -0.2) is 25.3 Å². The standard InChI is InChI=1S/C23H29N3O2.HI/c24-23(26-21-8-7-19-5-2-6-20(19)14-21)25-15-17-3-1-4-18(13-17)16-28-22-9-11-27-12-10-22;/h1,3-4,7-8,13-14,22H,2,5-6,9-12,15-16H2,(H3,24,25,26);1H. The van der Waals surface area contributed by atoms with E-state index in [2.05, 4.69) is 52.8 Å². The van der Waals surface area contributed by atoms with E-state index in [0.29, 0.717) is 25.2 Å². The van der Waals surface area contributed by atoms with Crippen LogP contribution in [0.15, 0.2) is 47.5 Å². The molecule has 156 valence electrons. The van der Waals surface area contributed by atoms with Gasteiger partial charge < -0.3 is 20.5 Å². The molecule has 1 fully saturated rings. The summed E-state index contributed by atoms with van der Waals surface area (Å²) >= 11 is 0. The molecule has 2 aliphatic rings. The molecule has 3 N–H and O–H groups in total. The Morgan fingerprint density at radius 1 is 1.07 bits per heavy atom. The number of aryl methyl sites for hydroxylation is 2. The zero-order valence-corrected chi connectivity index (χ0v) is 19.1. The molecule has 0 radical (unpaired) electrons. The minimum absolute atomic E-state index is 0. The van der Waals surface area contributed by atoms with Crippen molar-refractivity contribution in [1.29, 1.82) is 0 Å². The van der Waals surface area contributed by atoms with Gasteiger partial charge in [0.05, 0.1) is 19.3 Å². The third-order valence-electron chi connectivity index (χ3n) is 5.45.